The van der Waals surface area contributed by atoms with Gasteiger partial charge in [0.25, 0.3) is 10.2 Å². The van der Waals surface area contributed by atoms with Crippen molar-refractivity contribution in [2.45, 2.75) is 39.3 Å². The SMILES string of the molecule is CC(C)N(C)S(=O)(=O)NC(C)(C)C#N. The summed E-state index contributed by atoms with van der Waals surface area (Å²) in [6.45, 7) is 6.55. The highest BCUT2D eigenvalue weighted by Gasteiger charge is 2.28. The number of nitrogens with one attached hydrogen (secondary N) is 1. The minimum absolute atomic E-state index is 0.137. The summed E-state index contributed by atoms with van der Waals surface area (Å²) in [4.78, 5) is 0. The molecule has 0 spiro atoms. The van der Waals surface area contributed by atoms with Gasteiger partial charge >= 0.3 is 0 Å². The molecule has 0 aromatic rings. The highest BCUT2D eigenvalue weighted by molar-refractivity contribution is 7.87. The molecule has 0 rings (SSSR count). The van der Waals surface area contributed by atoms with Gasteiger partial charge in [0.2, 0.25) is 0 Å². The van der Waals surface area contributed by atoms with Crippen molar-refractivity contribution in [2.24, 2.45) is 0 Å². The molecule has 1 N–H and O–H groups in total. The number of hydrogen-bond donors (Lipinski definition) is 1. The Morgan fingerprint density at radius 1 is 1.43 bits per heavy atom. The molecule has 0 amide bonds. The second kappa shape index (κ2) is 4.26. The van der Waals surface area contributed by atoms with Crippen LogP contribution in [-0.4, -0.2) is 31.4 Å². The predicted octanol–water partition coefficient (Wildman–Crippen LogP) is 0.463. The second-order valence-electron chi connectivity index (χ2n) is 3.95. The van der Waals surface area contributed by atoms with E-state index in [1.165, 1.54) is 25.2 Å². The molecule has 14 heavy (non-hydrogen) atoms. The molecule has 0 aliphatic rings. The minimum Gasteiger partial charge on any atom is -0.196 e. The highest BCUT2D eigenvalue weighted by Crippen LogP contribution is 2.07. The summed E-state index contributed by atoms with van der Waals surface area (Å²) < 4.78 is 26.7. The fourth-order valence-electron chi connectivity index (χ4n) is 0.695. The van der Waals surface area contributed by atoms with Crippen LogP contribution in [0, 0.1) is 11.3 Å². The van der Waals surface area contributed by atoms with E-state index in [1.807, 2.05) is 6.07 Å². The normalized spacial score (nSPS) is 13.3. The Balaban J connectivity index is 4.78. The van der Waals surface area contributed by atoms with Crippen LogP contribution >= 0.6 is 0 Å². The maximum atomic E-state index is 11.6. The Hall–Kier alpha value is -0.640. The average Bonchev–Trinajstić information content (AvgIpc) is 2.01. The Bertz CT molecular complexity index is 327. The first kappa shape index (κ1) is 13.4. The first-order chi connectivity index (χ1) is 6.12. The molecule has 0 aliphatic heterocycles. The standard InChI is InChI=1S/C8H17N3O2S/c1-7(2)11(5)14(12,13)10-8(3,4)6-9/h7,10H,1-5H3. The fraction of sp³-hybridized carbons (Fsp3) is 0.875. The molecular formula is C8H17N3O2S. The van der Waals surface area contributed by atoms with Gasteiger partial charge in [0.05, 0.1) is 6.07 Å². The summed E-state index contributed by atoms with van der Waals surface area (Å²) in [6, 6.07) is 1.74. The molecule has 0 saturated carbocycles. The Morgan fingerprint density at radius 3 is 2.14 bits per heavy atom. The van der Waals surface area contributed by atoms with Crippen LogP contribution in [0.4, 0.5) is 0 Å². The van der Waals surface area contributed by atoms with Crippen molar-refractivity contribution in [1.82, 2.24) is 9.03 Å². The molecule has 0 heterocycles. The van der Waals surface area contributed by atoms with Crippen LogP contribution in [0.25, 0.3) is 0 Å². The largest absolute Gasteiger partial charge is 0.280 e. The van der Waals surface area contributed by atoms with E-state index in [2.05, 4.69) is 4.72 Å². The summed E-state index contributed by atoms with van der Waals surface area (Å²) in [7, 11) is -2.10. The minimum atomic E-state index is -3.57. The van der Waals surface area contributed by atoms with Crippen LogP contribution < -0.4 is 4.72 Å². The third-order valence-corrected chi connectivity index (χ3v) is 3.72. The van der Waals surface area contributed by atoms with Gasteiger partial charge in [-0.25, -0.2) is 0 Å². The quantitative estimate of drug-likeness (QED) is 0.746. The molecule has 0 aliphatic carbocycles. The van der Waals surface area contributed by atoms with Gasteiger partial charge < -0.3 is 0 Å². The van der Waals surface area contributed by atoms with E-state index in [0.717, 1.165) is 0 Å². The highest BCUT2D eigenvalue weighted by atomic mass is 32.2. The number of rotatable bonds is 4. The molecule has 0 aromatic heterocycles. The number of nitrogens with zero attached hydrogens (tertiary/aromatic N) is 2. The van der Waals surface area contributed by atoms with E-state index in [4.69, 9.17) is 5.26 Å². The molecule has 82 valence electrons. The van der Waals surface area contributed by atoms with Crippen LogP contribution in [0.1, 0.15) is 27.7 Å². The first-order valence-corrected chi connectivity index (χ1v) is 5.74. The van der Waals surface area contributed by atoms with Gasteiger partial charge in [0.15, 0.2) is 0 Å². The Labute approximate surface area is 85.9 Å². The first-order valence-electron chi connectivity index (χ1n) is 4.30. The third kappa shape index (κ3) is 3.62. The third-order valence-electron chi connectivity index (χ3n) is 1.77. The van der Waals surface area contributed by atoms with Crippen LogP contribution in [0.15, 0.2) is 0 Å². The zero-order valence-corrected chi connectivity index (χ0v) is 10.0. The van der Waals surface area contributed by atoms with Gasteiger partial charge in [-0.2, -0.15) is 22.7 Å². The zero-order chi connectivity index (χ0) is 11.6. The van der Waals surface area contributed by atoms with E-state index in [-0.39, 0.29) is 6.04 Å². The van der Waals surface area contributed by atoms with Crippen molar-refractivity contribution in [3.63, 3.8) is 0 Å². The monoisotopic (exact) mass is 219 g/mol. The lowest BCUT2D eigenvalue weighted by atomic mass is 10.1. The lowest BCUT2D eigenvalue weighted by molar-refractivity contribution is 0.392. The summed E-state index contributed by atoms with van der Waals surface area (Å²) in [5, 5.41) is 8.68. The van der Waals surface area contributed by atoms with E-state index in [0.29, 0.717) is 0 Å². The van der Waals surface area contributed by atoms with Crippen molar-refractivity contribution in [1.29, 1.82) is 5.26 Å². The van der Waals surface area contributed by atoms with Crippen molar-refractivity contribution in [2.75, 3.05) is 7.05 Å². The van der Waals surface area contributed by atoms with Gasteiger partial charge in [-0.15, -0.1) is 0 Å². The molecule has 5 nitrogen and oxygen atoms in total. The summed E-state index contributed by atoms with van der Waals surface area (Å²) in [5.74, 6) is 0. The predicted molar refractivity (Wildman–Crippen MR) is 54.6 cm³/mol. The smallest absolute Gasteiger partial charge is 0.196 e. The zero-order valence-electron chi connectivity index (χ0n) is 9.20. The second-order valence-corrected chi connectivity index (χ2v) is 5.68. The van der Waals surface area contributed by atoms with Gasteiger partial charge in [-0.1, -0.05) is 0 Å². The lowest BCUT2D eigenvalue weighted by Crippen LogP contribution is -2.50. The molecular weight excluding hydrogens is 202 g/mol. The van der Waals surface area contributed by atoms with Crippen LogP contribution in [0.2, 0.25) is 0 Å². The van der Waals surface area contributed by atoms with Crippen LogP contribution in [0.5, 0.6) is 0 Å². The summed E-state index contributed by atoms with van der Waals surface area (Å²) >= 11 is 0. The lowest BCUT2D eigenvalue weighted by Gasteiger charge is -2.25. The maximum Gasteiger partial charge on any atom is 0.280 e. The summed E-state index contributed by atoms with van der Waals surface area (Å²) in [6.07, 6.45) is 0. The Morgan fingerprint density at radius 2 is 1.86 bits per heavy atom. The van der Waals surface area contributed by atoms with E-state index < -0.39 is 15.7 Å². The van der Waals surface area contributed by atoms with Gasteiger partial charge in [-0.05, 0) is 27.7 Å². The summed E-state index contributed by atoms with van der Waals surface area (Å²) in [5.41, 5.74) is -1.08. The molecule has 0 saturated heterocycles. The fourth-order valence-corrected chi connectivity index (χ4v) is 2.08. The molecule has 6 heteroatoms. The Kier molecular flexibility index (Phi) is 4.06. The molecule has 0 unspecified atom stereocenters. The van der Waals surface area contributed by atoms with Crippen molar-refractivity contribution in [3.05, 3.63) is 0 Å². The van der Waals surface area contributed by atoms with E-state index in [9.17, 15) is 8.42 Å². The molecule has 0 fully saturated rings. The van der Waals surface area contributed by atoms with Crippen molar-refractivity contribution >= 4 is 10.2 Å². The topological polar surface area (TPSA) is 73.2 Å². The van der Waals surface area contributed by atoms with Crippen molar-refractivity contribution < 1.29 is 8.42 Å². The number of nitriles is 1. The van der Waals surface area contributed by atoms with E-state index >= 15 is 0 Å². The average molecular weight is 219 g/mol. The molecule has 0 atom stereocenters. The van der Waals surface area contributed by atoms with Gasteiger partial charge in [0.1, 0.15) is 5.54 Å². The molecule has 0 aromatic carbocycles. The van der Waals surface area contributed by atoms with Crippen molar-refractivity contribution in [3.8, 4) is 6.07 Å². The van der Waals surface area contributed by atoms with E-state index in [1.54, 1.807) is 13.8 Å². The van der Waals surface area contributed by atoms with Crippen LogP contribution in [0.3, 0.4) is 0 Å². The molecule has 0 radical (unpaired) electrons. The number of hydrogen-bond acceptors (Lipinski definition) is 3. The molecule has 0 bridgehead atoms. The van der Waals surface area contributed by atoms with Gasteiger partial charge in [-0.3, -0.25) is 0 Å². The van der Waals surface area contributed by atoms with Gasteiger partial charge in [0, 0.05) is 13.1 Å². The van der Waals surface area contributed by atoms with Crippen LogP contribution in [-0.2, 0) is 10.2 Å². The maximum absolute atomic E-state index is 11.6.